The summed E-state index contributed by atoms with van der Waals surface area (Å²) in [6.07, 6.45) is 4.96. The maximum Gasteiger partial charge on any atom is 0.224 e. The van der Waals surface area contributed by atoms with Gasteiger partial charge >= 0.3 is 0 Å². The Morgan fingerprint density at radius 3 is 2.77 bits per heavy atom. The van der Waals surface area contributed by atoms with Crippen LogP contribution in [-0.4, -0.2) is 11.9 Å². The highest BCUT2D eigenvalue weighted by Crippen LogP contribution is 2.18. The molecule has 72 valence electrons. The van der Waals surface area contributed by atoms with Crippen LogP contribution in [0.15, 0.2) is 0 Å². The Kier molecular flexibility index (Phi) is 3.75. The van der Waals surface area contributed by atoms with E-state index in [1.807, 2.05) is 6.07 Å². The second kappa shape index (κ2) is 4.86. The minimum absolute atomic E-state index is 0.0356. The number of hydrogen-bond acceptors (Lipinski definition) is 2. The smallest absolute Gasteiger partial charge is 0.224 e. The quantitative estimate of drug-likeness (QED) is 0.717. The predicted molar refractivity (Wildman–Crippen MR) is 49.8 cm³/mol. The predicted octanol–water partition coefficient (Wildman–Crippen LogP) is 1.59. The summed E-state index contributed by atoms with van der Waals surface area (Å²) in [6, 6.07) is 2.38. The van der Waals surface area contributed by atoms with E-state index < -0.39 is 0 Å². The van der Waals surface area contributed by atoms with Crippen molar-refractivity contribution in [2.24, 2.45) is 5.92 Å². The van der Waals surface area contributed by atoms with Crippen LogP contribution < -0.4 is 5.32 Å². The Bertz CT molecular complexity index is 213. The summed E-state index contributed by atoms with van der Waals surface area (Å²) < 4.78 is 0. The van der Waals surface area contributed by atoms with Crippen LogP contribution in [0.1, 0.15) is 39.0 Å². The lowest BCUT2D eigenvalue weighted by molar-refractivity contribution is -0.125. The van der Waals surface area contributed by atoms with Gasteiger partial charge in [0.1, 0.15) is 0 Å². The number of amides is 1. The van der Waals surface area contributed by atoms with Gasteiger partial charge in [0.15, 0.2) is 0 Å². The molecule has 0 aromatic carbocycles. The van der Waals surface area contributed by atoms with Crippen LogP contribution in [0.4, 0.5) is 0 Å². The molecule has 1 unspecified atom stereocenters. The zero-order valence-corrected chi connectivity index (χ0v) is 8.05. The fourth-order valence-electron chi connectivity index (χ4n) is 1.64. The molecule has 0 radical (unpaired) electrons. The third-order valence-corrected chi connectivity index (χ3v) is 2.55. The van der Waals surface area contributed by atoms with E-state index in [-0.39, 0.29) is 11.8 Å². The largest absolute Gasteiger partial charge is 0.353 e. The zero-order chi connectivity index (χ0) is 9.68. The van der Waals surface area contributed by atoms with Crippen molar-refractivity contribution in [1.82, 2.24) is 5.32 Å². The standard InChI is InChI=1S/C10H16N2O/c1-8(6-7-11)10(13)12-9-4-2-3-5-9/h8-9H,2-6H2,1H3,(H,12,13). The van der Waals surface area contributed by atoms with Crippen molar-refractivity contribution in [2.45, 2.75) is 45.1 Å². The molecule has 1 amide bonds. The van der Waals surface area contributed by atoms with Crippen molar-refractivity contribution in [3.8, 4) is 6.07 Å². The number of carbonyl (C=O) groups excluding carboxylic acids is 1. The van der Waals surface area contributed by atoms with Crippen LogP contribution in [0, 0.1) is 17.2 Å². The number of nitrogens with zero attached hydrogens (tertiary/aromatic N) is 1. The molecule has 1 rings (SSSR count). The first kappa shape index (κ1) is 10.0. The third-order valence-electron chi connectivity index (χ3n) is 2.55. The van der Waals surface area contributed by atoms with Crippen LogP contribution >= 0.6 is 0 Å². The van der Waals surface area contributed by atoms with E-state index in [0.29, 0.717) is 12.5 Å². The van der Waals surface area contributed by atoms with Crippen LogP contribution in [0.2, 0.25) is 0 Å². The molecule has 1 aliphatic rings. The van der Waals surface area contributed by atoms with Gasteiger partial charge in [-0.1, -0.05) is 19.8 Å². The van der Waals surface area contributed by atoms with Crippen molar-refractivity contribution < 1.29 is 4.79 Å². The van der Waals surface area contributed by atoms with Crippen molar-refractivity contribution in [3.05, 3.63) is 0 Å². The van der Waals surface area contributed by atoms with Gasteiger partial charge in [0, 0.05) is 18.4 Å². The zero-order valence-electron chi connectivity index (χ0n) is 8.05. The third kappa shape index (κ3) is 3.06. The Morgan fingerprint density at radius 1 is 1.62 bits per heavy atom. The first-order valence-corrected chi connectivity index (χ1v) is 4.91. The van der Waals surface area contributed by atoms with Crippen LogP contribution in [0.5, 0.6) is 0 Å². The van der Waals surface area contributed by atoms with Gasteiger partial charge in [-0.15, -0.1) is 0 Å². The molecule has 1 atom stereocenters. The molecule has 13 heavy (non-hydrogen) atoms. The number of nitriles is 1. The minimum atomic E-state index is -0.161. The average Bonchev–Trinajstić information content (AvgIpc) is 2.57. The van der Waals surface area contributed by atoms with Crippen molar-refractivity contribution in [3.63, 3.8) is 0 Å². The summed E-state index contributed by atoms with van der Waals surface area (Å²) in [5, 5.41) is 11.4. The highest BCUT2D eigenvalue weighted by Gasteiger charge is 2.19. The van der Waals surface area contributed by atoms with Crippen molar-refractivity contribution in [2.75, 3.05) is 0 Å². The Labute approximate surface area is 79.1 Å². The van der Waals surface area contributed by atoms with Crippen LogP contribution in [0.25, 0.3) is 0 Å². The molecule has 1 fully saturated rings. The van der Waals surface area contributed by atoms with Gasteiger partial charge in [-0.3, -0.25) is 4.79 Å². The van der Waals surface area contributed by atoms with E-state index in [9.17, 15) is 4.79 Å². The summed E-state index contributed by atoms with van der Waals surface area (Å²) in [5.41, 5.74) is 0. The monoisotopic (exact) mass is 180 g/mol. The number of hydrogen-bond donors (Lipinski definition) is 1. The maximum absolute atomic E-state index is 11.4. The van der Waals surface area contributed by atoms with Gasteiger partial charge in [-0.05, 0) is 12.8 Å². The molecular weight excluding hydrogens is 164 g/mol. The van der Waals surface area contributed by atoms with Crippen molar-refractivity contribution in [1.29, 1.82) is 5.26 Å². The van der Waals surface area contributed by atoms with Gasteiger partial charge in [0.2, 0.25) is 5.91 Å². The summed E-state index contributed by atoms with van der Waals surface area (Å²) in [4.78, 5) is 11.4. The molecule has 0 aliphatic heterocycles. The maximum atomic E-state index is 11.4. The highest BCUT2D eigenvalue weighted by atomic mass is 16.1. The van der Waals surface area contributed by atoms with Crippen molar-refractivity contribution >= 4 is 5.91 Å². The molecule has 0 heterocycles. The highest BCUT2D eigenvalue weighted by molar-refractivity contribution is 5.78. The average molecular weight is 180 g/mol. The number of carbonyl (C=O) groups is 1. The molecule has 1 saturated carbocycles. The summed E-state index contributed by atoms with van der Waals surface area (Å²) in [5.74, 6) is -0.126. The second-order valence-electron chi connectivity index (χ2n) is 3.75. The lowest BCUT2D eigenvalue weighted by Crippen LogP contribution is -2.36. The Balaban J connectivity index is 2.27. The van der Waals surface area contributed by atoms with Gasteiger partial charge in [-0.25, -0.2) is 0 Å². The van der Waals surface area contributed by atoms with E-state index in [0.717, 1.165) is 12.8 Å². The van der Waals surface area contributed by atoms with E-state index in [1.54, 1.807) is 6.92 Å². The van der Waals surface area contributed by atoms with Gasteiger partial charge in [0.05, 0.1) is 6.07 Å². The SMILES string of the molecule is CC(CC#N)C(=O)NC1CCCC1. The summed E-state index contributed by atoms with van der Waals surface area (Å²) >= 11 is 0. The Hall–Kier alpha value is -1.04. The summed E-state index contributed by atoms with van der Waals surface area (Å²) in [7, 11) is 0. The summed E-state index contributed by atoms with van der Waals surface area (Å²) in [6.45, 7) is 1.80. The minimum Gasteiger partial charge on any atom is -0.353 e. The molecule has 3 heteroatoms. The van der Waals surface area contributed by atoms with Gasteiger partial charge in [0.25, 0.3) is 0 Å². The fraction of sp³-hybridized carbons (Fsp3) is 0.800. The van der Waals surface area contributed by atoms with Gasteiger partial charge in [-0.2, -0.15) is 5.26 Å². The van der Waals surface area contributed by atoms with Gasteiger partial charge < -0.3 is 5.32 Å². The topological polar surface area (TPSA) is 52.9 Å². The normalized spacial score (nSPS) is 19.4. The Morgan fingerprint density at radius 2 is 2.23 bits per heavy atom. The number of rotatable bonds is 3. The molecule has 0 spiro atoms. The lowest BCUT2D eigenvalue weighted by atomic mass is 10.1. The fourth-order valence-corrected chi connectivity index (χ4v) is 1.64. The second-order valence-corrected chi connectivity index (χ2v) is 3.75. The molecule has 3 nitrogen and oxygen atoms in total. The molecule has 0 aromatic rings. The molecule has 0 saturated heterocycles. The van der Waals surface area contributed by atoms with E-state index in [4.69, 9.17) is 5.26 Å². The van der Waals surface area contributed by atoms with Crippen LogP contribution in [-0.2, 0) is 4.79 Å². The van der Waals surface area contributed by atoms with E-state index in [2.05, 4.69) is 5.32 Å². The molecule has 0 bridgehead atoms. The molecular formula is C10H16N2O. The molecule has 1 N–H and O–H groups in total. The lowest BCUT2D eigenvalue weighted by Gasteiger charge is -2.14. The molecule has 1 aliphatic carbocycles. The number of nitrogens with one attached hydrogen (secondary N) is 1. The molecule has 0 aromatic heterocycles. The van der Waals surface area contributed by atoms with Crippen LogP contribution in [0.3, 0.4) is 0 Å². The first-order valence-electron chi connectivity index (χ1n) is 4.91. The van der Waals surface area contributed by atoms with E-state index in [1.165, 1.54) is 12.8 Å². The van der Waals surface area contributed by atoms with E-state index >= 15 is 0 Å². The first-order chi connectivity index (χ1) is 6.24.